The number of aromatic nitrogens is 4. The van der Waals surface area contributed by atoms with E-state index >= 15 is 0 Å². The van der Waals surface area contributed by atoms with Crippen LogP contribution in [0.2, 0.25) is 5.02 Å². The van der Waals surface area contributed by atoms with Gasteiger partial charge in [-0.05, 0) is 48.7 Å². The van der Waals surface area contributed by atoms with Crippen molar-refractivity contribution in [1.82, 2.24) is 19.7 Å². The zero-order valence-corrected chi connectivity index (χ0v) is 23.6. The first-order valence-corrected chi connectivity index (χ1v) is 13.6. The van der Waals surface area contributed by atoms with Gasteiger partial charge in [0.25, 0.3) is 0 Å². The van der Waals surface area contributed by atoms with Crippen LogP contribution < -0.4 is 11.1 Å². The number of carbonyl (C=O) groups is 2. The predicted molar refractivity (Wildman–Crippen MR) is 158 cm³/mol. The highest BCUT2D eigenvalue weighted by atomic mass is 35.5. The third kappa shape index (κ3) is 4.63. The highest BCUT2D eigenvalue weighted by molar-refractivity contribution is 6.31. The Balaban J connectivity index is 1.39. The fourth-order valence-corrected chi connectivity index (χ4v) is 5.53. The highest BCUT2D eigenvalue weighted by Crippen LogP contribution is 2.45. The van der Waals surface area contributed by atoms with Crippen LogP contribution in [-0.4, -0.2) is 38.7 Å². The number of rotatable bonds is 7. The molecule has 0 fully saturated rings. The van der Waals surface area contributed by atoms with Crippen molar-refractivity contribution >= 4 is 46.0 Å². The molecule has 3 heterocycles. The number of nitrogens with one attached hydrogen (secondary N) is 1. The van der Waals surface area contributed by atoms with Crippen molar-refractivity contribution in [3.05, 3.63) is 99.8 Å². The maximum Gasteiger partial charge on any atom is 0.305 e. The van der Waals surface area contributed by atoms with Crippen LogP contribution in [0.1, 0.15) is 35.6 Å². The van der Waals surface area contributed by atoms with Gasteiger partial charge in [-0.2, -0.15) is 5.10 Å². The Bertz CT molecular complexity index is 1870. The molecule has 2 aromatic heterocycles. The standard InChI is InChI=1S/C31H26ClFN6O3/c1-31(19-10-7-17(8-11-19)9-14-24(40)42-2)25-27(34)35-29(36-28(25)37-30(31)41)26-21-13-12-20(32)15-23(21)39(38-26)16-18-5-3-4-6-22(18)33/h3-8,10-13,15H,9,14,16H2,1-2H3,(H3,34,35,36,37,41)/t31-/m0/s1. The van der Waals surface area contributed by atoms with Crippen LogP contribution in [0.25, 0.3) is 22.4 Å². The molecule has 0 radical (unpaired) electrons. The Labute approximate surface area is 245 Å². The second-order valence-corrected chi connectivity index (χ2v) is 10.7. The van der Waals surface area contributed by atoms with Gasteiger partial charge in [-0.1, -0.05) is 54.1 Å². The third-order valence-electron chi connectivity index (χ3n) is 7.70. The molecule has 1 aliphatic heterocycles. The van der Waals surface area contributed by atoms with Gasteiger partial charge in [0.05, 0.1) is 24.7 Å². The lowest BCUT2D eigenvalue weighted by Crippen LogP contribution is -2.33. The first kappa shape index (κ1) is 27.3. The summed E-state index contributed by atoms with van der Waals surface area (Å²) in [7, 11) is 1.36. The topological polar surface area (TPSA) is 125 Å². The fourth-order valence-electron chi connectivity index (χ4n) is 5.36. The normalized spacial score (nSPS) is 16.0. The molecule has 42 heavy (non-hydrogen) atoms. The number of hydrogen-bond acceptors (Lipinski definition) is 7. The summed E-state index contributed by atoms with van der Waals surface area (Å²) in [5.74, 6) is -0.278. The number of nitrogens with zero attached hydrogens (tertiary/aromatic N) is 4. The molecule has 0 aliphatic carbocycles. The summed E-state index contributed by atoms with van der Waals surface area (Å²) >= 11 is 6.30. The van der Waals surface area contributed by atoms with Crippen molar-refractivity contribution < 1.29 is 18.7 Å². The number of nitrogen functional groups attached to an aromatic ring is 1. The molecule has 0 saturated carbocycles. The monoisotopic (exact) mass is 584 g/mol. The van der Waals surface area contributed by atoms with Crippen molar-refractivity contribution in [1.29, 1.82) is 0 Å². The Morgan fingerprint density at radius 2 is 1.88 bits per heavy atom. The lowest BCUT2D eigenvalue weighted by atomic mass is 9.77. The summed E-state index contributed by atoms with van der Waals surface area (Å²) in [6.07, 6.45) is 0.778. The molecule has 3 aromatic carbocycles. The maximum absolute atomic E-state index is 14.5. The van der Waals surface area contributed by atoms with Crippen LogP contribution >= 0.6 is 11.6 Å². The van der Waals surface area contributed by atoms with E-state index < -0.39 is 5.41 Å². The molecule has 0 bridgehead atoms. The van der Waals surface area contributed by atoms with E-state index in [2.05, 4.69) is 15.3 Å². The number of carbonyl (C=O) groups excluding carboxylic acids is 2. The minimum atomic E-state index is -1.14. The molecule has 9 nitrogen and oxygen atoms in total. The SMILES string of the molecule is COC(=O)CCc1ccc([C@]2(C)C(=O)Nc3nc(-c4nn(Cc5ccccc5F)c5cc(Cl)ccc45)nc(N)c32)cc1. The first-order valence-electron chi connectivity index (χ1n) is 13.2. The molecule has 0 spiro atoms. The number of amides is 1. The lowest BCUT2D eigenvalue weighted by Gasteiger charge is -2.23. The van der Waals surface area contributed by atoms with E-state index in [1.54, 1.807) is 48.0 Å². The minimum absolute atomic E-state index is 0.136. The van der Waals surface area contributed by atoms with Crippen molar-refractivity contribution in [2.75, 3.05) is 18.2 Å². The van der Waals surface area contributed by atoms with Gasteiger partial charge in [-0.3, -0.25) is 14.3 Å². The second-order valence-electron chi connectivity index (χ2n) is 10.3. The number of esters is 1. The highest BCUT2D eigenvalue weighted by Gasteiger charge is 2.47. The molecule has 1 atom stereocenters. The number of methoxy groups -OCH3 is 1. The zero-order valence-electron chi connectivity index (χ0n) is 22.8. The first-order chi connectivity index (χ1) is 20.2. The minimum Gasteiger partial charge on any atom is -0.469 e. The number of aryl methyl sites for hydroxylation is 1. The average molecular weight is 585 g/mol. The molecule has 0 saturated heterocycles. The van der Waals surface area contributed by atoms with Gasteiger partial charge in [-0.25, -0.2) is 14.4 Å². The van der Waals surface area contributed by atoms with Crippen molar-refractivity contribution in [2.45, 2.75) is 31.7 Å². The number of hydrogen-bond donors (Lipinski definition) is 2. The molecule has 1 amide bonds. The van der Waals surface area contributed by atoms with E-state index in [0.29, 0.717) is 50.5 Å². The van der Waals surface area contributed by atoms with Crippen LogP contribution in [0.4, 0.5) is 16.0 Å². The van der Waals surface area contributed by atoms with Gasteiger partial charge in [0.1, 0.15) is 28.6 Å². The summed E-state index contributed by atoms with van der Waals surface area (Å²) in [5.41, 5.74) is 9.05. The molecule has 11 heteroatoms. The molecule has 3 N–H and O–H groups in total. The number of anilines is 2. The zero-order chi connectivity index (χ0) is 29.6. The summed E-state index contributed by atoms with van der Waals surface area (Å²) in [4.78, 5) is 34.2. The Morgan fingerprint density at radius 1 is 1.12 bits per heavy atom. The lowest BCUT2D eigenvalue weighted by molar-refractivity contribution is -0.140. The predicted octanol–water partition coefficient (Wildman–Crippen LogP) is 5.28. The van der Waals surface area contributed by atoms with Gasteiger partial charge in [-0.15, -0.1) is 0 Å². The molecular weight excluding hydrogens is 559 g/mol. The largest absolute Gasteiger partial charge is 0.469 e. The molecular formula is C31H26ClFN6O3. The number of nitrogens with two attached hydrogens (primary N) is 1. The quantitative estimate of drug-likeness (QED) is 0.249. The number of benzene rings is 3. The van der Waals surface area contributed by atoms with Crippen molar-refractivity contribution in [2.24, 2.45) is 0 Å². The molecule has 212 valence electrons. The van der Waals surface area contributed by atoms with E-state index in [1.807, 2.05) is 24.3 Å². The van der Waals surface area contributed by atoms with Crippen LogP contribution in [0.3, 0.4) is 0 Å². The van der Waals surface area contributed by atoms with E-state index in [1.165, 1.54) is 13.2 Å². The van der Waals surface area contributed by atoms with Gasteiger partial charge in [0, 0.05) is 22.4 Å². The Hall–Kier alpha value is -4.83. The van der Waals surface area contributed by atoms with Crippen LogP contribution in [0, 0.1) is 5.82 Å². The molecule has 1 aliphatic rings. The van der Waals surface area contributed by atoms with E-state index in [-0.39, 0.29) is 42.3 Å². The summed E-state index contributed by atoms with van der Waals surface area (Å²) < 4.78 is 20.8. The Kier molecular flexibility index (Phi) is 6.86. The van der Waals surface area contributed by atoms with E-state index in [4.69, 9.17) is 27.2 Å². The van der Waals surface area contributed by atoms with Crippen LogP contribution in [-0.2, 0) is 32.7 Å². The molecule has 6 rings (SSSR count). The summed E-state index contributed by atoms with van der Waals surface area (Å²) in [6.45, 7) is 1.94. The fraction of sp³-hybridized carbons (Fsp3) is 0.194. The van der Waals surface area contributed by atoms with Crippen molar-refractivity contribution in [3.8, 4) is 11.5 Å². The number of fused-ring (bicyclic) bond motifs is 2. The van der Waals surface area contributed by atoms with Gasteiger partial charge < -0.3 is 15.8 Å². The van der Waals surface area contributed by atoms with E-state index in [9.17, 15) is 14.0 Å². The summed E-state index contributed by atoms with van der Waals surface area (Å²) in [5, 5.41) is 8.80. The maximum atomic E-state index is 14.5. The van der Waals surface area contributed by atoms with Crippen molar-refractivity contribution in [3.63, 3.8) is 0 Å². The molecule has 5 aromatic rings. The van der Waals surface area contributed by atoms with Gasteiger partial charge in [0.15, 0.2) is 5.82 Å². The third-order valence-corrected chi connectivity index (χ3v) is 7.94. The number of halogens is 2. The van der Waals surface area contributed by atoms with E-state index in [0.717, 1.165) is 5.56 Å². The van der Waals surface area contributed by atoms with Crippen LogP contribution in [0.5, 0.6) is 0 Å². The number of ether oxygens (including phenoxy) is 1. The smallest absolute Gasteiger partial charge is 0.305 e. The molecule has 0 unspecified atom stereocenters. The average Bonchev–Trinajstić information content (AvgIpc) is 3.47. The second kappa shape index (κ2) is 10.5. The summed E-state index contributed by atoms with van der Waals surface area (Å²) in [6, 6.07) is 19.2. The Morgan fingerprint density at radius 3 is 2.62 bits per heavy atom. The van der Waals surface area contributed by atoms with Crippen LogP contribution in [0.15, 0.2) is 66.7 Å². The van der Waals surface area contributed by atoms with Gasteiger partial charge in [0.2, 0.25) is 5.91 Å². The van der Waals surface area contributed by atoms with Gasteiger partial charge >= 0.3 is 5.97 Å².